The largest absolute Gasteiger partial charge is 0.382 e. The number of hydrogen-bond acceptors (Lipinski definition) is 2. The minimum absolute atomic E-state index is 0.716. The maximum Gasteiger partial charge on any atom is 0.0700 e. The Morgan fingerprint density at radius 3 is 2.31 bits per heavy atom. The van der Waals surface area contributed by atoms with Gasteiger partial charge < -0.3 is 9.47 Å². The van der Waals surface area contributed by atoms with Gasteiger partial charge in [0.05, 0.1) is 19.8 Å². The third kappa shape index (κ3) is 5.27. The lowest BCUT2D eigenvalue weighted by atomic mass is 10.0. The van der Waals surface area contributed by atoms with Crippen LogP contribution in [0.3, 0.4) is 0 Å². The fourth-order valence-corrected chi connectivity index (χ4v) is 1.73. The van der Waals surface area contributed by atoms with Crippen molar-refractivity contribution in [1.82, 2.24) is 0 Å². The molecule has 0 unspecified atom stereocenters. The molecule has 1 saturated carbocycles. The molecule has 0 spiro atoms. The zero-order valence-electron chi connectivity index (χ0n) is 8.68. The van der Waals surface area contributed by atoms with Crippen LogP contribution < -0.4 is 0 Å². The molecule has 77 valence electrons. The standard InChI is InChI=1S/C11H21O2/c1-12-8-9-13-10-11-6-4-2-3-5-7-11/h2-10H2,1H3. The molecule has 1 rings (SSSR count). The second-order valence-electron chi connectivity index (χ2n) is 3.71. The summed E-state index contributed by atoms with van der Waals surface area (Å²) < 4.78 is 10.4. The topological polar surface area (TPSA) is 18.5 Å². The molecule has 0 aromatic rings. The Morgan fingerprint density at radius 1 is 1.00 bits per heavy atom. The van der Waals surface area contributed by atoms with Crippen molar-refractivity contribution in [2.75, 3.05) is 26.9 Å². The molecule has 0 aliphatic heterocycles. The fourth-order valence-electron chi connectivity index (χ4n) is 1.73. The maximum absolute atomic E-state index is 5.51. The number of methoxy groups -OCH3 is 1. The molecule has 0 bridgehead atoms. The number of ether oxygens (including phenoxy) is 2. The van der Waals surface area contributed by atoms with Crippen LogP contribution in [-0.2, 0) is 9.47 Å². The van der Waals surface area contributed by atoms with Gasteiger partial charge in [-0.05, 0) is 12.8 Å². The van der Waals surface area contributed by atoms with Crippen molar-refractivity contribution >= 4 is 0 Å². The van der Waals surface area contributed by atoms with Gasteiger partial charge >= 0.3 is 0 Å². The smallest absolute Gasteiger partial charge is 0.0700 e. The van der Waals surface area contributed by atoms with Crippen LogP contribution in [0, 0.1) is 5.92 Å². The Labute approximate surface area is 81.6 Å². The van der Waals surface area contributed by atoms with E-state index in [1.165, 1.54) is 38.5 Å². The highest BCUT2D eigenvalue weighted by Gasteiger charge is 2.12. The van der Waals surface area contributed by atoms with Crippen LogP contribution in [0.4, 0.5) is 0 Å². The first-order valence-corrected chi connectivity index (χ1v) is 5.33. The average Bonchev–Trinajstić information content (AvgIpc) is 2.41. The van der Waals surface area contributed by atoms with Gasteiger partial charge in [0, 0.05) is 13.0 Å². The fraction of sp³-hybridized carbons (Fsp3) is 0.909. The average molecular weight is 185 g/mol. The summed E-state index contributed by atoms with van der Waals surface area (Å²) in [6.45, 7) is 2.32. The summed E-state index contributed by atoms with van der Waals surface area (Å²) in [6, 6.07) is 0. The van der Waals surface area contributed by atoms with E-state index >= 15 is 0 Å². The van der Waals surface area contributed by atoms with Crippen molar-refractivity contribution in [1.29, 1.82) is 0 Å². The molecule has 1 radical (unpaired) electrons. The van der Waals surface area contributed by atoms with E-state index in [4.69, 9.17) is 9.47 Å². The lowest BCUT2D eigenvalue weighted by Gasteiger charge is -2.12. The van der Waals surface area contributed by atoms with Crippen molar-refractivity contribution in [2.45, 2.75) is 38.5 Å². The second kappa shape index (κ2) is 7.34. The monoisotopic (exact) mass is 185 g/mol. The molecule has 0 aromatic heterocycles. The summed E-state index contributed by atoms with van der Waals surface area (Å²) in [7, 11) is 1.71. The van der Waals surface area contributed by atoms with Crippen molar-refractivity contribution < 1.29 is 9.47 Å². The van der Waals surface area contributed by atoms with E-state index < -0.39 is 0 Å². The molecule has 0 N–H and O–H groups in total. The third-order valence-electron chi connectivity index (χ3n) is 2.55. The molecule has 2 heteroatoms. The lowest BCUT2D eigenvalue weighted by Crippen LogP contribution is -2.10. The molecule has 0 amide bonds. The Balaban J connectivity index is 1.98. The first-order valence-electron chi connectivity index (χ1n) is 5.33. The molecule has 0 aromatic carbocycles. The van der Waals surface area contributed by atoms with E-state index in [0.29, 0.717) is 6.61 Å². The van der Waals surface area contributed by atoms with Gasteiger partial charge in [-0.15, -0.1) is 0 Å². The summed E-state index contributed by atoms with van der Waals surface area (Å²) in [5.41, 5.74) is 0. The van der Waals surface area contributed by atoms with Gasteiger partial charge in [-0.25, -0.2) is 0 Å². The summed E-state index contributed by atoms with van der Waals surface area (Å²) in [6.07, 6.45) is 8.11. The Morgan fingerprint density at radius 2 is 1.69 bits per heavy atom. The van der Waals surface area contributed by atoms with Gasteiger partial charge in [-0.2, -0.15) is 0 Å². The van der Waals surface area contributed by atoms with Gasteiger partial charge in [0.2, 0.25) is 0 Å². The van der Waals surface area contributed by atoms with E-state index in [9.17, 15) is 0 Å². The minimum Gasteiger partial charge on any atom is -0.382 e. The lowest BCUT2D eigenvalue weighted by molar-refractivity contribution is 0.0735. The van der Waals surface area contributed by atoms with Gasteiger partial charge in [0.15, 0.2) is 0 Å². The molecule has 13 heavy (non-hydrogen) atoms. The highest BCUT2D eigenvalue weighted by molar-refractivity contribution is 4.90. The Kier molecular flexibility index (Phi) is 6.21. The molecular formula is C11H21O2. The third-order valence-corrected chi connectivity index (χ3v) is 2.55. The summed E-state index contributed by atoms with van der Waals surface area (Å²) >= 11 is 0. The molecular weight excluding hydrogens is 164 g/mol. The van der Waals surface area contributed by atoms with Crippen molar-refractivity contribution in [2.24, 2.45) is 0 Å². The van der Waals surface area contributed by atoms with E-state index in [-0.39, 0.29) is 0 Å². The van der Waals surface area contributed by atoms with Crippen LogP contribution in [-0.4, -0.2) is 26.9 Å². The van der Waals surface area contributed by atoms with Gasteiger partial charge in [0.25, 0.3) is 0 Å². The van der Waals surface area contributed by atoms with Gasteiger partial charge in [0.1, 0.15) is 0 Å². The number of hydrogen-bond donors (Lipinski definition) is 0. The van der Waals surface area contributed by atoms with Crippen LogP contribution in [0.25, 0.3) is 0 Å². The van der Waals surface area contributed by atoms with Crippen LogP contribution >= 0.6 is 0 Å². The van der Waals surface area contributed by atoms with Crippen LogP contribution in [0.5, 0.6) is 0 Å². The van der Waals surface area contributed by atoms with Gasteiger partial charge in [-0.1, -0.05) is 25.7 Å². The zero-order chi connectivity index (χ0) is 9.36. The first-order chi connectivity index (χ1) is 6.43. The SMILES string of the molecule is COCCOC[C]1CCCCCC1. The molecule has 1 fully saturated rings. The van der Waals surface area contributed by atoms with Crippen molar-refractivity contribution in [3.63, 3.8) is 0 Å². The predicted octanol–water partition coefficient (Wildman–Crippen LogP) is 2.58. The highest BCUT2D eigenvalue weighted by atomic mass is 16.5. The normalized spacial score (nSPS) is 20.1. The summed E-state index contributed by atoms with van der Waals surface area (Å²) in [5, 5.41) is 0. The Bertz CT molecular complexity index is 107. The van der Waals surface area contributed by atoms with Crippen molar-refractivity contribution in [3.8, 4) is 0 Å². The molecule has 1 aliphatic carbocycles. The molecule has 0 saturated heterocycles. The van der Waals surface area contributed by atoms with Crippen molar-refractivity contribution in [3.05, 3.63) is 5.92 Å². The van der Waals surface area contributed by atoms with E-state index in [1.54, 1.807) is 13.0 Å². The number of rotatable bonds is 5. The summed E-state index contributed by atoms with van der Waals surface area (Å²) in [4.78, 5) is 0. The zero-order valence-corrected chi connectivity index (χ0v) is 8.68. The second-order valence-corrected chi connectivity index (χ2v) is 3.71. The molecule has 1 aliphatic rings. The van der Waals surface area contributed by atoms with E-state index in [2.05, 4.69) is 0 Å². The van der Waals surface area contributed by atoms with E-state index in [1.807, 2.05) is 0 Å². The molecule has 0 atom stereocenters. The molecule has 0 heterocycles. The highest BCUT2D eigenvalue weighted by Crippen LogP contribution is 2.24. The minimum atomic E-state index is 0.716. The summed E-state index contributed by atoms with van der Waals surface area (Å²) in [5.74, 6) is 1.61. The predicted molar refractivity (Wildman–Crippen MR) is 53.6 cm³/mol. The van der Waals surface area contributed by atoms with Gasteiger partial charge in [-0.3, -0.25) is 0 Å². The first kappa shape index (κ1) is 11.0. The molecule has 2 nitrogen and oxygen atoms in total. The maximum atomic E-state index is 5.51. The Hall–Kier alpha value is -0.0800. The van der Waals surface area contributed by atoms with E-state index in [0.717, 1.165) is 13.2 Å². The van der Waals surface area contributed by atoms with Crippen LogP contribution in [0.15, 0.2) is 0 Å². The van der Waals surface area contributed by atoms with Crippen LogP contribution in [0.2, 0.25) is 0 Å². The van der Waals surface area contributed by atoms with Crippen LogP contribution in [0.1, 0.15) is 38.5 Å². The quantitative estimate of drug-likeness (QED) is 0.484.